The van der Waals surface area contributed by atoms with Gasteiger partial charge in [-0.2, -0.15) is 0 Å². The number of rotatable bonds is 3. The van der Waals surface area contributed by atoms with E-state index in [0.717, 1.165) is 25.3 Å². The Morgan fingerprint density at radius 1 is 1.55 bits per heavy atom. The summed E-state index contributed by atoms with van der Waals surface area (Å²) in [6.45, 7) is 5.82. The van der Waals surface area contributed by atoms with E-state index in [1.165, 1.54) is 13.5 Å². The third-order valence-electron chi connectivity index (χ3n) is 4.00. The van der Waals surface area contributed by atoms with Crippen LogP contribution < -0.4 is 10.6 Å². The molecule has 1 aromatic heterocycles. The summed E-state index contributed by atoms with van der Waals surface area (Å²) in [5, 5.41) is 0. The van der Waals surface area contributed by atoms with Gasteiger partial charge in [0.1, 0.15) is 5.82 Å². The van der Waals surface area contributed by atoms with Crippen LogP contribution in [0.1, 0.15) is 35.8 Å². The molecular formula is C15H23N3O2. The van der Waals surface area contributed by atoms with E-state index in [2.05, 4.69) is 16.8 Å². The van der Waals surface area contributed by atoms with Crippen LogP contribution in [0.4, 0.5) is 5.82 Å². The highest BCUT2D eigenvalue weighted by Gasteiger charge is 2.24. The molecule has 0 amide bonds. The number of ether oxygens (including phenoxy) is 1. The zero-order chi connectivity index (χ0) is 14.7. The van der Waals surface area contributed by atoms with Crippen molar-refractivity contribution in [1.82, 2.24) is 4.98 Å². The van der Waals surface area contributed by atoms with Crippen molar-refractivity contribution >= 4 is 11.8 Å². The van der Waals surface area contributed by atoms with Crippen molar-refractivity contribution in [3.8, 4) is 0 Å². The van der Waals surface area contributed by atoms with Gasteiger partial charge in [0, 0.05) is 19.1 Å². The summed E-state index contributed by atoms with van der Waals surface area (Å²) in [4.78, 5) is 18.4. The molecule has 0 aromatic carbocycles. The summed E-state index contributed by atoms with van der Waals surface area (Å²) in [5.41, 5.74) is 7.24. The molecule has 5 heteroatoms. The van der Waals surface area contributed by atoms with Gasteiger partial charge >= 0.3 is 5.97 Å². The van der Waals surface area contributed by atoms with Crippen LogP contribution in [-0.2, 0) is 4.74 Å². The third kappa shape index (κ3) is 3.10. The van der Waals surface area contributed by atoms with E-state index in [-0.39, 0.29) is 12.0 Å². The van der Waals surface area contributed by atoms with Crippen LogP contribution in [0, 0.1) is 12.8 Å². The third-order valence-corrected chi connectivity index (χ3v) is 4.00. The minimum Gasteiger partial charge on any atom is -0.465 e. The molecule has 2 heterocycles. The molecule has 2 unspecified atom stereocenters. The number of hydrogen-bond acceptors (Lipinski definition) is 5. The summed E-state index contributed by atoms with van der Waals surface area (Å²) in [6.07, 6.45) is 2.30. The van der Waals surface area contributed by atoms with Crippen LogP contribution in [-0.4, -0.2) is 37.2 Å². The van der Waals surface area contributed by atoms with Gasteiger partial charge in [0.2, 0.25) is 0 Å². The van der Waals surface area contributed by atoms with E-state index < -0.39 is 0 Å². The fraction of sp³-hybridized carbons (Fsp3) is 0.600. The number of aryl methyl sites for hydroxylation is 1. The lowest BCUT2D eigenvalue weighted by Gasteiger charge is -2.35. The number of nitrogens with two attached hydrogens (primary N) is 1. The SMILES string of the molecule is COC(=O)c1ccc(N2CCCC(C(C)N)C2)nc1C. The Morgan fingerprint density at radius 2 is 2.30 bits per heavy atom. The summed E-state index contributed by atoms with van der Waals surface area (Å²) in [6, 6.07) is 3.88. The molecule has 1 aliphatic heterocycles. The van der Waals surface area contributed by atoms with Crippen LogP contribution in [0.25, 0.3) is 0 Å². The molecular weight excluding hydrogens is 254 g/mol. The fourth-order valence-corrected chi connectivity index (χ4v) is 2.70. The van der Waals surface area contributed by atoms with E-state index in [0.29, 0.717) is 17.2 Å². The van der Waals surface area contributed by atoms with Crippen LogP contribution in [0.15, 0.2) is 12.1 Å². The maximum atomic E-state index is 11.6. The lowest BCUT2D eigenvalue weighted by Crippen LogP contribution is -2.42. The van der Waals surface area contributed by atoms with Gasteiger partial charge in [-0.15, -0.1) is 0 Å². The minimum atomic E-state index is -0.339. The predicted octanol–water partition coefficient (Wildman–Crippen LogP) is 1.74. The molecule has 110 valence electrons. The molecule has 2 N–H and O–H groups in total. The molecule has 0 saturated carbocycles. The van der Waals surface area contributed by atoms with Crippen molar-refractivity contribution in [3.63, 3.8) is 0 Å². The first-order valence-corrected chi connectivity index (χ1v) is 7.09. The second-order valence-electron chi connectivity index (χ2n) is 5.50. The maximum absolute atomic E-state index is 11.6. The number of methoxy groups -OCH3 is 1. The molecule has 2 rings (SSSR count). The summed E-state index contributed by atoms with van der Waals surface area (Å²) in [7, 11) is 1.38. The molecule has 0 radical (unpaired) electrons. The smallest absolute Gasteiger partial charge is 0.339 e. The summed E-state index contributed by atoms with van der Waals surface area (Å²) < 4.78 is 4.74. The van der Waals surface area contributed by atoms with E-state index in [4.69, 9.17) is 10.5 Å². The van der Waals surface area contributed by atoms with E-state index in [1.807, 2.05) is 13.0 Å². The number of aromatic nitrogens is 1. The zero-order valence-electron chi connectivity index (χ0n) is 12.4. The van der Waals surface area contributed by atoms with Crippen molar-refractivity contribution in [1.29, 1.82) is 0 Å². The van der Waals surface area contributed by atoms with E-state index in [9.17, 15) is 4.79 Å². The first kappa shape index (κ1) is 14.8. The molecule has 5 nitrogen and oxygen atoms in total. The minimum absolute atomic E-state index is 0.202. The Kier molecular flexibility index (Phi) is 4.60. The number of carbonyl (C=O) groups excluding carboxylic acids is 1. The lowest BCUT2D eigenvalue weighted by atomic mass is 9.92. The Bertz CT molecular complexity index is 488. The average molecular weight is 277 g/mol. The predicted molar refractivity (Wildman–Crippen MR) is 78.9 cm³/mol. The normalized spacial score (nSPS) is 20.6. The van der Waals surface area contributed by atoms with E-state index >= 15 is 0 Å². The fourth-order valence-electron chi connectivity index (χ4n) is 2.70. The Morgan fingerprint density at radius 3 is 2.90 bits per heavy atom. The number of hydrogen-bond donors (Lipinski definition) is 1. The molecule has 0 aliphatic carbocycles. The van der Waals surface area contributed by atoms with Crippen molar-refractivity contribution in [2.24, 2.45) is 11.7 Å². The van der Waals surface area contributed by atoms with Gasteiger partial charge in [-0.25, -0.2) is 9.78 Å². The van der Waals surface area contributed by atoms with E-state index in [1.54, 1.807) is 6.07 Å². The highest BCUT2D eigenvalue weighted by molar-refractivity contribution is 5.90. The van der Waals surface area contributed by atoms with Gasteiger partial charge in [0.05, 0.1) is 18.4 Å². The molecule has 1 aliphatic rings. The summed E-state index contributed by atoms with van der Waals surface area (Å²) in [5.74, 6) is 1.08. The second kappa shape index (κ2) is 6.22. The Hall–Kier alpha value is -1.62. The number of anilines is 1. The number of pyridine rings is 1. The lowest BCUT2D eigenvalue weighted by molar-refractivity contribution is 0.0599. The first-order valence-electron chi connectivity index (χ1n) is 7.09. The van der Waals surface area contributed by atoms with Crippen molar-refractivity contribution in [3.05, 3.63) is 23.4 Å². The average Bonchev–Trinajstić information content (AvgIpc) is 2.46. The van der Waals surface area contributed by atoms with Gasteiger partial charge in [-0.05, 0) is 44.7 Å². The molecule has 1 saturated heterocycles. The van der Waals surface area contributed by atoms with Gasteiger partial charge in [-0.3, -0.25) is 0 Å². The van der Waals surface area contributed by atoms with Crippen LogP contribution in [0.5, 0.6) is 0 Å². The van der Waals surface area contributed by atoms with Crippen molar-refractivity contribution < 1.29 is 9.53 Å². The van der Waals surface area contributed by atoms with Crippen LogP contribution in [0.2, 0.25) is 0 Å². The number of piperidine rings is 1. The van der Waals surface area contributed by atoms with Gasteiger partial charge in [0.25, 0.3) is 0 Å². The first-order chi connectivity index (χ1) is 9.52. The van der Waals surface area contributed by atoms with Gasteiger partial charge in [-0.1, -0.05) is 0 Å². The number of esters is 1. The monoisotopic (exact) mass is 277 g/mol. The molecule has 0 bridgehead atoms. The standard InChI is InChI=1S/C15H23N3O2/c1-10(16)12-5-4-8-18(9-12)14-7-6-13(11(2)17-14)15(19)20-3/h6-7,10,12H,4-5,8-9,16H2,1-3H3. The molecule has 2 atom stereocenters. The maximum Gasteiger partial charge on any atom is 0.339 e. The quantitative estimate of drug-likeness (QED) is 0.852. The molecule has 1 aromatic rings. The zero-order valence-corrected chi connectivity index (χ0v) is 12.4. The number of nitrogens with zero attached hydrogens (tertiary/aromatic N) is 2. The van der Waals surface area contributed by atoms with Gasteiger partial charge < -0.3 is 15.4 Å². The number of carbonyl (C=O) groups is 1. The van der Waals surface area contributed by atoms with Crippen molar-refractivity contribution in [2.75, 3.05) is 25.1 Å². The Labute approximate surface area is 120 Å². The van der Waals surface area contributed by atoms with Crippen LogP contribution in [0.3, 0.4) is 0 Å². The topological polar surface area (TPSA) is 68.5 Å². The largest absolute Gasteiger partial charge is 0.465 e. The molecule has 1 fully saturated rings. The highest BCUT2D eigenvalue weighted by atomic mass is 16.5. The molecule has 0 spiro atoms. The second-order valence-corrected chi connectivity index (χ2v) is 5.50. The Balaban J connectivity index is 2.17. The molecule has 20 heavy (non-hydrogen) atoms. The summed E-state index contributed by atoms with van der Waals surface area (Å²) >= 11 is 0. The van der Waals surface area contributed by atoms with Crippen molar-refractivity contribution in [2.45, 2.75) is 32.7 Å². The van der Waals surface area contributed by atoms with Crippen LogP contribution >= 0.6 is 0 Å². The van der Waals surface area contributed by atoms with Gasteiger partial charge in [0.15, 0.2) is 0 Å². The highest BCUT2D eigenvalue weighted by Crippen LogP contribution is 2.24.